The number of halogens is 1. The summed E-state index contributed by atoms with van der Waals surface area (Å²) >= 11 is 5.97. The Balaban J connectivity index is 2.07. The molecule has 24 heavy (non-hydrogen) atoms. The van der Waals surface area contributed by atoms with Crippen molar-refractivity contribution in [1.29, 1.82) is 0 Å². The molecular weight excluding hydrogens is 330 g/mol. The molecule has 1 aliphatic rings. The molecule has 120 valence electrons. The van der Waals surface area contributed by atoms with Crippen LogP contribution in [0.25, 0.3) is 21.9 Å². The van der Waals surface area contributed by atoms with Crippen LogP contribution < -0.4 is 10.5 Å². The number of hydrogen-bond acceptors (Lipinski definition) is 4. The van der Waals surface area contributed by atoms with Crippen molar-refractivity contribution < 1.29 is 13.9 Å². The quantitative estimate of drug-likeness (QED) is 0.705. The molecule has 0 spiro atoms. The lowest BCUT2D eigenvalue weighted by molar-refractivity contribution is 0.180. The van der Waals surface area contributed by atoms with Crippen LogP contribution in [0.5, 0.6) is 0 Å². The van der Waals surface area contributed by atoms with Gasteiger partial charge in [0.25, 0.3) is 0 Å². The third kappa shape index (κ3) is 2.34. The highest BCUT2D eigenvalue weighted by molar-refractivity contribution is 6.30. The fourth-order valence-corrected chi connectivity index (χ4v) is 2.98. The fraction of sp³-hybridized carbons (Fsp3) is 0.111. The Morgan fingerprint density at radius 3 is 2.33 bits per heavy atom. The van der Waals surface area contributed by atoms with Crippen molar-refractivity contribution in [3.8, 4) is 11.1 Å². The Morgan fingerprint density at radius 1 is 0.958 bits per heavy atom. The van der Waals surface area contributed by atoms with Crippen LogP contribution in [0.1, 0.15) is 0 Å². The van der Waals surface area contributed by atoms with Crippen LogP contribution in [0.2, 0.25) is 5.02 Å². The molecule has 1 aromatic heterocycles. The third-order valence-electron chi connectivity index (χ3n) is 3.96. The molecule has 0 bridgehead atoms. The summed E-state index contributed by atoms with van der Waals surface area (Å²) in [6.07, 6.45) is -0.524. The first kappa shape index (κ1) is 14.8. The third-order valence-corrected chi connectivity index (χ3v) is 4.21. The van der Waals surface area contributed by atoms with Crippen molar-refractivity contribution in [2.45, 2.75) is 0 Å². The minimum atomic E-state index is -0.524. The van der Waals surface area contributed by atoms with Crippen molar-refractivity contribution >= 4 is 34.4 Å². The first-order valence-corrected chi connectivity index (χ1v) is 7.79. The number of ether oxygens (including phenoxy) is 1. The number of cyclic esters (lactones) is 1. The van der Waals surface area contributed by atoms with Gasteiger partial charge >= 0.3 is 11.7 Å². The van der Waals surface area contributed by atoms with E-state index in [1.165, 1.54) is 4.90 Å². The molecule has 0 N–H and O–H groups in total. The van der Waals surface area contributed by atoms with Crippen LogP contribution in [-0.2, 0) is 4.74 Å². The van der Waals surface area contributed by atoms with Gasteiger partial charge in [0.2, 0.25) is 5.88 Å². The fourth-order valence-electron chi connectivity index (χ4n) is 2.85. The van der Waals surface area contributed by atoms with Crippen molar-refractivity contribution in [3.05, 3.63) is 64.0 Å². The smallest absolute Gasteiger partial charge is 0.416 e. The van der Waals surface area contributed by atoms with Gasteiger partial charge in [-0.2, -0.15) is 0 Å². The largest absolute Gasteiger partial charge is 0.447 e. The molecule has 2 aromatic carbocycles. The molecule has 1 fully saturated rings. The normalized spacial score (nSPS) is 14.2. The van der Waals surface area contributed by atoms with Gasteiger partial charge in [-0.1, -0.05) is 41.9 Å². The maximum absolute atomic E-state index is 12.3. The van der Waals surface area contributed by atoms with Gasteiger partial charge in [0.1, 0.15) is 6.61 Å². The average Bonchev–Trinajstić information content (AvgIpc) is 3.02. The number of fused-ring (bicyclic) bond motifs is 1. The lowest BCUT2D eigenvalue weighted by atomic mass is 10.00. The number of carbonyl (C=O) groups is 1. The summed E-state index contributed by atoms with van der Waals surface area (Å²) in [5.41, 5.74) is 0.979. The molecule has 0 unspecified atom stereocenters. The standard InChI is InChI=1S/C18H12ClNO4/c19-12-7-5-11(6-8-12)15-13-3-1-2-4-14(13)17(21)24-16(15)20-9-10-23-18(20)22/h1-8H,9-10H2. The number of anilines is 1. The maximum Gasteiger partial charge on any atom is 0.416 e. The number of benzene rings is 2. The zero-order valence-electron chi connectivity index (χ0n) is 12.5. The van der Waals surface area contributed by atoms with Gasteiger partial charge in [0.15, 0.2) is 0 Å². The van der Waals surface area contributed by atoms with Crippen LogP contribution in [-0.4, -0.2) is 19.2 Å². The Labute approximate surface area is 142 Å². The van der Waals surface area contributed by atoms with Gasteiger partial charge in [-0.05, 0) is 23.8 Å². The van der Waals surface area contributed by atoms with E-state index in [2.05, 4.69) is 0 Å². The van der Waals surface area contributed by atoms with E-state index in [1.807, 2.05) is 24.3 Å². The van der Waals surface area contributed by atoms with E-state index < -0.39 is 11.7 Å². The highest BCUT2D eigenvalue weighted by Gasteiger charge is 2.30. The zero-order chi connectivity index (χ0) is 16.7. The van der Waals surface area contributed by atoms with E-state index in [-0.39, 0.29) is 12.5 Å². The number of rotatable bonds is 2. The van der Waals surface area contributed by atoms with Crippen molar-refractivity contribution in [2.75, 3.05) is 18.1 Å². The summed E-state index contributed by atoms with van der Waals surface area (Å²) in [5, 5.41) is 1.77. The molecule has 5 nitrogen and oxygen atoms in total. The monoisotopic (exact) mass is 341 g/mol. The zero-order valence-corrected chi connectivity index (χ0v) is 13.2. The molecule has 1 saturated heterocycles. The SMILES string of the molecule is O=C1OCCN1c1oc(=O)c2ccccc2c1-c1ccc(Cl)cc1. The molecule has 3 aromatic rings. The number of carbonyl (C=O) groups excluding carboxylic acids is 1. The lowest BCUT2D eigenvalue weighted by Gasteiger charge is -2.17. The van der Waals surface area contributed by atoms with Gasteiger partial charge in [0, 0.05) is 10.4 Å². The number of hydrogen-bond donors (Lipinski definition) is 0. The highest BCUT2D eigenvalue weighted by atomic mass is 35.5. The molecule has 6 heteroatoms. The Morgan fingerprint density at radius 2 is 1.67 bits per heavy atom. The van der Waals surface area contributed by atoms with E-state index in [9.17, 15) is 9.59 Å². The highest BCUT2D eigenvalue weighted by Crippen LogP contribution is 2.37. The molecule has 0 radical (unpaired) electrons. The Kier molecular flexibility index (Phi) is 3.50. The molecule has 4 rings (SSSR count). The first-order chi connectivity index (χ1) is 11.6. The summed E-state index contributed by atoms with van der Waals surface area (Å²) in [6.45, 7) is 0.593. The predicted molar refractivity (Wildman–Crippen MR) is 91.6 cm³/mol. The number of nitrogens with zero attached hydrogens (tertiary/aromatic N) is 1. The van der Waals surface area contributed by atoms with Gasteiger partial charge in [-0.3, -0.25) is 0 Å². The van der Waals surface area contributed by atoms with E-state index in [1.54, 1.807) is 24.3 Å². The molecule has 0 atom stereocenters. The minimum Gasteiger partial charge on any atom is -0.447 e. The maximum atomic E-state index is 12.3. The van der Waals surface area contributed by atoms with Crippen LogP contribution in [0.3, 0.4) is 0 Å². The van der Waals surface area contributed by atoms with Crippen molar-refractivity contribution in [2.24, 2.45) is 0 Å². The Hall–Kier alpha value is -2.79. The van der Waals surface area contributed by atoms with E-state index in [0.29, 0.717) is 27.9 Å². The number of amides is 1. The van der Waals surface area contributed by atoms with Gasteiger partial charge in [-0.15, -0.1) is 0 Å². The molecule has 1 aliphatic heterocycles. The minimum absolute atomic E-state index is 0.198. The topological polar surface area (TPSA) is 59.8 Å². The second-order valence-electron chi connectivity index (χ2n) is 5.39. The Bertz CT molecular complexity index is 994. The van der Waals surface area contributed by atoms with Gasteiger partial charge in [0.05, 0.1) is 17.5 Å². The average molecular weight is 342 g/mol. The van der Waals surface area contributed by atoms with E-state index in [4.69, 9.17) is 20.8 Å². The van der Waals surface area contributed by atoms with Gasteiger partial charge < -0.3 is 9.15 Å². The predicted octanol–water partition coefficient (Wildman–Crippen LogP) is 4.07. The van der Waals surface area contributed by atoms with Crippen molar-refractivity contribution in [3.63, 3.8) is 0 Å². The molecule has 2 heterocycles. The van der Waals surface area contributed by atoms with Crippen LogP contribution in [0.4, 0.5) is 10.7 Å². The summed E-state index contributed by atoms with van der Waals surface area (Å²) in [4.78, 5) is 25.7. The second-order valence-corrected chi connectivity index (χ2v) is 5.82. The lowest BCUT2D eigenvalue weighted by Crippen LogP contribution is -2.25. The van der Waals surface area contributed by atoms with Crippen molar-refractivity contribution in [1.82, 2.24) is 0 Å². The van der Waals surface area contributed by atoms with Crippen LogP contribution >= 0.6 is 11.6 Å². The summed E-state index contributed by atoms with van der Waals surface area (Å²) in [6, 6.07) is 14.3. The van der Waals surface area contributed by atoms with Crippen LogP contribution in [0, 0.1) is 0 Å². The molecule has 0 aliphatic carbocycles. The van der Waals surface area contributed by atoms with Crippen LogP contribution in [0.15, 0.2) is 57.7 Å². The van der Waals surface area contributed by atoms with E-state index >= 15 is 0 Å². The summed E-state index contributed by atoms with van der Waals surface area (Å²) in [5.74, 6) is 0.198. The van der Waals surface area contributed by atoms with E-state index in [0.717, 1.165) is 5.56 Å². The molecule has 0 saturated carbocycles. The second kappa shape index (κ2) is 5.69. The van der Waals surface area contributed by atoms with Gasteiger partial charge in [-0.25, -0.2) is 14.5 Å². The molecule has 1 amide bonds. The molecular formula is C18H12ClNO4. The summed E-state index contributed by atoms with van der Waals surface area (Å²) < 4.78 is 10.5. The summed E-state index contributed by atoms with van der Waals surface area (Å²) in [7, 11) is 0. The first-order valence-electron chi connectivity index (χ1n) is 7.41.